The molecule has 1 aromatic heterocycles. The smallest absolute Gasteiger partial charge is 0.137 e. The van der Waals surface area contributed by atoms with Gasteiger partial charge in [-0.3, -0.25) is 4.98 Å². The van der Waals surface area contributed by atoms with Crippen molar-refractivity contribution in [2.45, 2.75) is 19.8 Å². The van der Waals surface area contributed by atoms with Gasteiger partial charge in [0.25, 0.3) is 0 Å². The van der Waals surface area contributed by atoms with Gasteiger partial charge in [-0.05, 0) is 17.5 Å². The number of nitrogens with zero attached hydrogens (tertiary/aromatic N) is 1. The van der Waals surface area contributed by atoms with Crippen LogP contribution in [0.25, 0.3) is 0 Å². The molecule has 0 aromatic carbocycles. The van der Waals surface area contributed by atoms with Crippen LogP contribution in [0, 0.1) is 0 Å². The van der Waals surface area contributed by atoms with Gasteiger partial charge in [-0.2, -0.15) is 0 Å². The summed E-state index contributed by atoms with van der Waals surface area (Å²) >= 11 is 0. The van der Waals surface area contributed by atoms with Crippen molar-refractivity contribution < 1.29 is 9.47 Å². The fourth-order valence-corrected chi connectivity index (χ4v) is 1.07. The molecule has 0 aliphatic rings. The molecule has 1 rings (SSSR count). The predicted octanol–water partition coefficient (Wildman–Crippen LogP) is 2.23. The molecule has 0 unspecified atom stereocenters. The average Bonchev–Trinajstić information content (AvgIpc) is 2.19. The molecule has 1 aromatic rings. The fraction of sp³-hybridized carbons (Fsp3) is 0.545. The minimum atomic E-state index is 0.480. The standard InChI is InChI=1S/C11H17NO2/c1-9(2)10-6-11(8-12-7-10)14-5-4-13-3/h6-9H,4-5H2,1-3H3. The van der Waals surface area contributed by atoms with Crippen molar-refractivity contribution in [1.29, 1.82) is 0 Å². The molecule has 3 heteroatoms. The summed E-state index contributed by atoms with van der Waals surface area (Å²) in [5.74, 6) is 1.29. The lowest BCUT2D eigenvalue weighted by atomic mass is 10.1. The second kappa shape index (κ2) is 5.60. The maximum absolute atomic E-state index is 5.45. The van der Waals surface area contributed by atoms with Gasteiger partial charge in [-0.1, -0.05) is 13.8 Å². The van der Waals surface area contributed by atoms with E-state index in [1.807, 2.05) is 12.3 Å². The maximum Gasteiger partial charge on any atom is 0.137 e. The number of methoxy groups -OCH3 is 1. The third-order valence-electron chi connectivity index (χ3n) is 1.96. The summed E-state index contributed by atoms with van der Waals surface area (Å²) in [6.45, 7) is 5.44. The van der Waals surface area contributed by atoms with E-state index in [0.717, 1.165) is 5.75 Å². The van der Waals surface area contributed by atoms with Crippen LogP contribution >= 0.6 is 0 Å². The zero-order chi connectivity index (χ0) is 10.4. The molecule has 78 valence electrons. The molecule has 14 heavy (non-hydrogen) atoms. The summed E-state index contributed by atoms with van der Waals surface area (Å²) in [6.07, 6.45) is 3.59. The number of hydrogen-bond donors (Lipinski definition) is 0. The largest absolute Gasteiger partial charge is 0.490 e. The normalized spacial score (nSPS) is 10.6. The highest BCUT2D eigenvalue weighted by molar-refractivity contribution is 5.25. The molecule has 3 nitrogen and oxygen atoms in total. The highest BCUT2D eigenvalue weighted by Crippen LogP contribution is 2.18. The molecule has 0 saturated heterocycles. The second-order valence-electron chi connectivity index (χ2n) is 3.45. The second-order valence-corrected chi connectivity index (χ2v) is 3.45. The van der Waals surface area contributed by atoms with Gasteiger partial charge < -0.3 is 9.47 Å². The van der Waals surface area contributed by atoms with E-state index in [2.05, 4.69) is 18.8 Å². The van der Waals surface area contributed by atoms with Crippen molar-refractivity contribution in [1.82, 2.24) is 4.98 Å². The molecule has 0 N–H and O–H groups in total. The van der Waals surface area contributed by atoms with Crippen LogP contribution < -0.4 is 4.74 Å². The number of ether oxygens (including phenoxy) is 2. The Morgan fingerprint density at radius 1 is 1.29 bits per heavy atom. The lowest BCUT2D eigenvalue weighted by molar-refractivity contribution is 0.146. The Kier molecular flexibility index (Phi) is 4.40. The number of aromatic nitrogens is 1. The summed E-state index contributed by atoms with van der Waals surface area (Å²) < 4.78 is 10.3. The molecule has 0 saturated carbocycles. The monoisotopic (exact) mass is 195 g/mol. The zero-order valence-corrected chi connectivity index (χ0v) is 8.99. The molecule has 0 aliphatic heterocycles. The average molecular weight is 195 g/mol. The van der Waals surface area contributed by atoms with Gasteiger partial charge in [-0.15, -0.1) is 0 Å². The van der Waals surface area contributed by atoms with E-state index >= 15 is 0 Å². The number of rotatable bonds is 5. The van der Waals surface area contributed by atoms with Crippen molar-refractivity contribution in [2.75, 3.05) is 20.3 Å². The zero-order valence-electron chi connectivity index (χ0n) is 8.99. The van der Waals surface area contributed by atoms with Crippen LogP contribution in [-0.4, -0.2) is 25.3 Å². The van der Waals surface area contributed by atoms with E-state index in [0.29, 0.717) is 19.1 Å². The molecule has 0 radical (unpaired) electrons. The van der Waals surface area contributed by atoms with Gasteiger partial charge in [0.15, 0.2) is 0 Å². The van der Waals surface area contributed by atoms with Crippen LogP contribution in [0.3, 0.4) is 0 Å². The summed E-state index contributed by atoms with van der Waals surface area (Å²) in [7, 11) is 1.66. The third-order valence-corrected chi connectivity index (χ3v) is 1.96. The first-order chi connectivity index (χ1) is 6.74. The van der Waals surface area contributed by atoms with Gasteiger partial charge in [0.05, 0.1) is 12.8 Å². The molecular weight excluding hydrogens is 178 g/mol. The van der Waals surface area contributed by atoms with E-state index < -0.39 is 0 Å². The summed E-state index contributed by atoms with van der Waals surface area (Å²) in [5.41, 5.74) is 1.19. The number of hydrogen-bond acceptors (Lipinski definition) is 3. The third kappa shape index (κ3) is 3.34. The van der Waals surface area contributed by atoms with E-state index in [-0.39, 0.29) is 0 Å². The summed E-state index contributed by atoms with van der Waals surface area (Å²) in [5, 5.41) is 0. The molecule has 0 amide bonds. The Morgan fingerprint density at radius 3 is 2.71 bits per heavy atom. The molecule has 1 heterocycles. The van der Waals surface area contributed by atoms with Crippen LogP contribution in [0.15, 0.2) is 18.5 Å². The van der Waals surface area contributed by atoms with Crippen LogP contribution in [0.5, 0.6) is 5.75 Å². The Labute approximate surface area is 85.1 Å². The molecule has 0 fully saturated rings. The minimum Gasteiger partial charge on any atom is -0.490 e. The Morgan fingerprint density at radius 2 is 2.07 bits per heavy atom. The van der Waals surface area contributed by atoms with Gasteiger partial charge in [-0.25, -0.2) is 0 Å². The molecule has 0 atom stereocenters. The van der Waals surface area contributed by atoms with Crippen molar-refractivity contribution in [3.8, 4) is 5.75 Å². The first-order valence-electron chi connectivity index (χ1n) is 4.80. The van der Waals surface area contributed by atoms with E-state index in [1.54, 1.807) is 13.3 Å². The SMILES string of the molecule is COCCOc1cncc(C(C)C)c1. The van der Waals surface area contributed by atoms with Gasteiger partial charge in [0, 0.05) is 13.3 Å². The lowest BCUT2D eigenvalue weighted by Gasteiger charge is -2.08. The molecule has 0 aliphatic carbocycles. The Balaban J connectivity index is 2.55. The van der Waals surface area contributed by atoms with Gasteiger partial charge in [0.1, 0.15) is 12.4 Å². The van der Waals surface area contributed by atoms with Crippen molar-refractivity contribution >= 4 is 0 Å². The Bertz CT molecular complexity index is 274. The fourth-order valence-electron chi connectivity index (χ4n) is 1.07. The molecule has 0 spiro atoms. The Hall–Kier alpha value is -1.09. The highest BCUT2D eigenvalue weighted by atomic mass is 16.5. The van der Waals surface area contributed by atoms with Crippen molar-refractivity contribution in [2.24, 2.45) is 0 Å². The van der Waals surface area contributed by atoms with E-state index in [1.165, 1.54) is 5.56 Å². The van der Waals surface area contributed by atoms with Gasteiger partial charge >= 0.3 is 0 Å². The van der Waals surface area contributed by atoms with E-state index in [4.69, 9.17) is 9.47 Å². The highest BCUT2D eigenvalue weighted by Gasteiger charge is 2.01. The van der Waals surface area contributed by atoms with Crippen molar-refractivity contribution in [3.63, 3.8) is 0 Å². The van der Waals surface area contributed by atoms with E-state index in [9.17, 15) is 0 Å². The van der Waals surface area contributed by atoms with Crippen LogP contribution in [0.4, 0.5) is 0 Å². The molecule has 0 bridgehead atoms. The topological polar surface area (TPSA) is 31.4 Å². The first-order valence-corrected chi connectivity index (χ1v) is 4.80. The maximum atomic E-state index is 5.45. The lowest BCUT2D eigenvalue weighted by Crippen LogP contribution is -2.04. The summed E-state index contributed by atoms with van der Waals surface area (Å²) in [4.78, 5) is 4.12. The predicted molar refractivity (Wildman–Crippen MR) is 55.7 cm³/mol. The number of pyridine rings is 1. The van der Waals surface area contributed by atoms with Gasteiger partial charge in [0.2, 0.25) is 0 Å². The summed E-state index contributed by atoms with van der Waals surface area (Å²) in [6, 6.07) is 2.02. The first kappa shape index (κ1) is 11.0. The van der Waals surface area contributed by atoms with Crippen LogP contribution in [0.1, 0.15) is 25.3 Å². The van der Waals surface area contributed by atoms with Crippen molar-refractivity contribution in [3.05, 3.63) is 24.0 Å². The molecular formula is C11H17NO2. The minimum absolute atomic E-state index is 0.480. The van der Waals surface area contributed by atoms with Crippen LogP contribution in [0.2, 0.25) is 0 Å². The van der Waals surface area contributed by atoms with Crippen LogP contribution in [-0.2, 0) is 4.74 Å². The quantitative estimate of drug-likeness (QED) is 0.675.